The number of aromatic nitrogens is 1. The van der Waals surface area contributed by atoms with E-state index < -0.39 is 0 Å². The zero-order chi connectivity index (χ0) is 11.5. The molecule has 0 spiro atoms. The van der Waals surface area contributed by atoms with Gasteiger partial charge in [-0.25, -0.2) is 0 Å². The van der Waals surface area contributed by atoms with Gasteiger partial charge in [-0.1, -0.05) is 0 Å². The molecule has 0 bridgehead atoms. The summed E-state index contributed by atoms with van der Waals surface area (Å²) in [5, 5.41) is 0. The minimum Gasteiger partial charge on any atom is -0.379 e. The van der Waals surface area contributed by atoms with Gasteiger partial charge < -0.3 is 15.4 Å². The number of pyridine rings is 1. The monoisotopic (exact) mass is 221 g/mol. The Bertz CT molecular complexity index is 331. The molecule has 2 atom stereocenters. The van der Waals surface area contributed by atoms with Crippen molar-refractivity contribution in [3.8, 4) is 0 Å². The highest BCUT2D eigenvalue weighted by Gasteiger charge is 2.20. The van der Waals surface area contributed by atoms with Gasteiger partial charge >= 0.3 is 0 Å². The summed E-state index contributed by atoms with van der Waals surface area (Å²) in [5.41, 5.74) is 7.82. The Labute approximate surface area is 96.4 Å². The first-order valence-electron chi connectivity index (χ1n) is 5.70. The second kappa shape index (κ2) is 4.80. The fourth-order valence-electron chi connectivity index (χ4n) is 1.91. The lowest BCUT2D eigenvalue weighted by molar-refractivity contribution is 0.193. The lowest BCUT2D eigenvalue weighted by atomic mass is 10.2. The van der Waals surface area contributed by atoms with E-state index in [4.69, 9.17) is 10.5 Å². The van der Waals surface area contributed by atoms with Crippen molar-refractivity contribution in [1.82, 2.24) is 4.98 Å². The molecule has 1 aromatic heterocycles. The van der Waals surface area contributed by atoms with E-state index in [0.717, 1.165) is 31.0 Å². The van der Waals surface area contributed by atoms with E-state index in [1.807, 2.05) is 19.2 Å². The summed E-state index contributed by atoms with van der Waals surface area (Å²) in [6.45, 7) is 3.61. The Morgan fingerprint density at radius 2 is 2.38 bits per heavy atom. The van der Waals surface area contributed by atoms with Crippen LogP contribution in [0.15, 0.2) is 18.3 Å². The number of nitrogens with two attached hydrogens (primary N) is 1. The van der Waals surface area contributed by atoms with Gasteiger partial charge in [-0.05, 0) is 25.5 Å². The van der Waals surface area contributed by atoms with Gasteiger partial charge in [-0.15, -0.1) is 0 Å². The van der Waals surface area contributed by atoms with E-state index in [0.29, 0.717) is 6.04 Å². The second-order valence-electron chi connectivity index (χ2n) is 4.36. The average molecular weight is 221 g/mol. The van der Waals surface area contributed by atoms with E-state index in [-0.39, 0.29) is 6.04 Å². The molecule has 0 radical (unpaired) electrons. The number of hydrogen-bond donors (Lipinski definition) is 1. The van der Waals surface area contributed by atoms with Crippen LogP contribution in [0.25, 0.3) is 0 Å². The summed E-state index contributed by atoms with van der Waals surface area (Å²) in [4.78, 5) is 6.59. The van der Waals surface area contributed by atoms with Crippen LogP contribution in [0.5, 0.6) is 0 Å². The Kier molecular flexibility index (Phi) is 3.41. The average Bonchev–Trinajstić information content (AvgIpc) is 2.81. The highest BCUT2D eigenvalue weighted by atomic mass is 16.5. The SMILES string of the molecule is C[C@H](N)c1ccc(N(C)C2CCOC2)cn1. The normalized spacial score (nSPS) is 22.1. The molecular formula is C12H19N3O. The molecule has 0 saturated carbocycles. The van der Waals surface area contributed by atoms with Crippen molar-refractivity contribution in [1.29, 1.82) is 0 Å². The number of nitrogens with zero attached hydrogens (tertiary/aromatic N) is 2. The van der Waals surface area contributed by atoms with Gasteiger partial charge in [0.2, 0.25) is 0 Å². The van der Waals surface area contributed by atoms with Crippen LogP contribution in [0, 0.1) is 0 Å². The van der Waals surface area contributed by atoms with Gasteiger partial charge in [0.25, 0.3) is 0 Å². The summed E-state index contributed by atoms with van der Waals surface area (Å²) >= 11 is 0. The van der Waals surface area contributed by atoms with Crippen LogP contribution < -0.4 is 10.6 Å². The first kappa shape index (κ1) is 11.4. The van der Waals surface area contributed by atoms with E-state index >= 15 is 0 Å². The standard InChI is InChI=1S/C12H19N3O/c1-9(13)12-4-3-10(7-14-12)15(2)11-5-6-16-8-11/h3-4,7,9,11H,5-6,8,13H2,1-2H3/t9-,11?/m0/s1. The number of hydrogen-bond acceptors (Lipinski definition) is 4. The number of anilines is 1. The molecule has 2 heterocycles. The van der Waals surface area contributed by atoms with Gasteiger partial charge in [0.15, 0.2) is 0 Å². The van der Waals surface area contributed by atoms with Crippen LogP contribution in [-0.4, -0.2) is 31.3 Å². The molecular weight excluding hydrogens is 202 g/mol. The Balaban J connectivity index is 2.08. The molecule has 4 heteroatoms. The molecule has 1 fully saturated rings. The number of ether oxygens (including phenoxy) is 1. The molecule has 0 amide bonds. The van der Waals surface area contributed by atoms with Crippen LogP contribution in [0.4, 0.5) is 5.69 Å². The molecule has 1 aliphatic heterocycles. The number of likely N-dealkylation sites (N-methyl/N-ethyl adjacent to an activating group) is 1. The molecule has 0 aromatic carbocycles. The first-order chi connectivity index (χ1) is 7.68. The molecule has 1 unspecified atom stereocenters. The summed E-state index contributed by atoms with van der Waals surface area (Å²) in [6.07, 6.45) is 2.97. The Hall–Kier alpha value is -1.13. The topological polar surface area (TPSA) is 51.4 Å². The quantitative estimate of drug-likeness (QED) is 0.836. The van der Waals surface area contributed by atoms with Crippen LogP contribution in [-0.2, 0) is 4.74 Å². The highest BCUT2D eigenvalue weighted by molar-refractivity contribution is 5.45. The molecule has 2 N–H and O–H groups in total. The van der Waals surface area contributed by atoms with Crippen LogP contribution in [0.1, 0.15) is 25.1 Å². The Morgan fingerprint density at radius 3 is 2.88 bits per heavy atom. The number of rotatable bonds is 3. The molecule has 1 saturated heterocycles. The van der Waals surface area contributed by atoms with E-state index in [9.17, 15) is 0 Å². The summed E-state index contributed by atoms with van der Waals surface area (Å²) in [6, 6.07) is 4.54. The predicted octanol–water partition coefficient (Wildman–Crippen LogP) is 1.33. The van der Waals surface area contributed by atoms with Crippen molar-refractivity contribution in [2.24, 2.45) is 5.73 Å². The third kappa shape index (κ3) is 2.33. The summed E-state index contributed by atoms with van der Waals surface area (Å²) in [5.74, 6) is 0. The lowest BCUT2D eigenvalue weighted by Crippen LogP contribution is -2.31. The first-order valence-corrected chi connectivity index (χ1v) is 5.70. The fraction of sp³-hybridized carbons (Fsp3) is 0.583. The highest BCUT2D eigenvalue weighted by Crippen LogP contribution is 2.20. The molecule has 0 aliphatic carbocycles. The second-order valence-corrected chi connectivity index (χ2v) is 4.36. The maximum atomic E-state index is 5.77. The van der Waals surface area contributed by atoms with Gasteiger partial charge in [-0.2, -0.15) is 0 Å². The molecule has 4 nitrogen and oxygen atoms in total. The maximum Gasteiger partial charge on any atom is 0.0670 e. The minimum absolute atomic E-state index is 0.00540. The maximum absolute atomic E-state index is 5.77. The van der Waals surface area contributed by atoms with Crippen molar-refractivity contribution in [3.63, 3.8) is 0 Å². The van der Waals surface area contributed by atoms with Crippen molar-refractivity contribution in [2.75, 3.05) is 25.2 Å². The zero-order valence-corrected chi connectivity index (χ0v) is 9.89. The molecule has 1 aromatic rings. The van der Waals surface area contributed by atoms with Crippen molar-refractivity contribution >= 4 is 5.69 Å². The van der Waals surface area contributed by atoms with Gasteiger partial charge in [0.1, 0.15) is 0 Å². The summed E-state index contributed by atoms with van der Waals surface area (Å²) in [7, 11) is 2.09. The van der Waals surface area contributed by atoms with Crippen molar-refractivity contribution in [2.45, 2.75) is 25.4 Å². The van der Waals surface area contributed by atoms with E-state index in [1.54, 1.807) is 0 Å². The zero-order valence-electron chi connectivity index (χ0n) is 9.89. The predicted molar refractivity (Wildman–Crippen MR) is 64.5 cm³/mol. The van der Waals surface area contributed by atoms with Crippen molar-refractivity contribution in [3.05, 3.63) is 24.0 Å². The van der Waals surface area contributed by atoms with E-state index in [1.165, 1.54) is 0 Å². The van der Waals surface area contributed by atoms with Gasteiger partial charge in [0.05, 0.1) is 30.2 Å². The molecule has 88 valence electrons. The van der Waals surface area contributed by atoms with Gasteiger partial charge in [0, 0.05) is 19.7 Å². The smallest absolute Gasteiger partial charge is 0.0670 e. The van der Waals surface area contributed by atoms with Crippen LogP contribution in [0.2, 0.25) is 0 Å². The molecule has 2 rings (SSSR count). The van der Waals surface area contributed by atoms with Crippen LogP contribution in [0.3, 0.4) is 0 Å². The van der Waals surface area contributed by atoms with Gasteiger partial charge in [-0.3, -0.25) is 4.98 Å². The van der Waals surface area contributed by atoms with E-state index in [2.05, 4.69) is 23.0 Å². The minimum atomic E-state index is -0.00540. The Morgan fingerprint density at radius 1 is 1.56 bits per heavy atom. The van der Waals surface area contributed by atoms with Crippen molar-refractivity contribution < 1.29 is 4.74 Å². The summed E-state index contributed by atoms with van der Waals surface area (Å²) < 4.78 is 5.38. The third-order valence-electron chi connectivity index (χ3n) is 3.10. The lowest BCUT2D eigenvalue weighted by Gasteiger charge is -2.25. The molecule has 1 aliphatic rings. The third-order valence-corrected chi connectivity index (χ3v) is 3.10. The molecule has 16 heavy (non-hydrogen) atoms. The fourth-order valence-corrected chi connectivity index (χ4v) is 1.91. The largest absolute Gasteiger partial charge is 0.379 e. The van der Waals surface area contributed by atoms with Crippen LogP contribution >= 0.6 is 0 Å².